The fourth-order valence-electron chi connectivity index (χ4n) is 3.93. The molecule has 0 aliphatic carbocycles. The monoisotopic (exact) mass is 595 g/mol. The molecule has 4 aromatic rings. The molecule has 0 aromatic heterocycles. The molecule has 1 atom stereocenters. The molecule has 0 saturated carbocycles. The third kappa shape index (κ3) is 8.57. The molecule has 0 spiro atoms. The highest BCUT2D eigenvalue weighted by molar-refractivity contribution is 8.00. The zero-order chi connectivity index (χ0) is 30.8. The van der Waals surface area contributed by atoms with Crippen molar-refractivity contribution < 1.29 is 29.0 Å². The second kappa shape index (κ2) is 14.5. The second-order valence-electron chi connectivity index (χ2n) is 9.23. The Morgan fingerprint density at radius 3 is 2.16 bits per heavy atom. The SMILES string of the molecule is COc1ccccc1/C=C(\NC(=O)c1ccccc1)C(=O)Nc1ccc(SC(C)C(=O)Nc2cccc(C(=O)O)c2)cc1. The Kier molecular flexibility index (Phi) is 10.3. The molecular formula is C33H29N3O6S. The molecular weight excluding hydrogens is 566 g/mol. The van der Waals surface area contributed by atoms with Crippen LogP contribution in [0.15, 0.2) is 114 Å². The molecule has 0 bridgehead atoms. The summed E-state index contributed by atoms with van der Waals surface area (Å²) in [6.45, 7) is 1.74. The lowest BCUT2D eigenvalue weighted by Gasteiger charge is -2.14. The summed E-state index contributed by atoms with van der Waals surface area (Å²) in [6.07, 6.45) is 1.55. The first-order chi connectivity index (χ1) is 20.7. The molecule has 0 aliphatic heterocycles. The van der Waals surface area contributed by atoms with Crippen LogP contribution in [-0.4, -0.2) is 41.2 Å². The molecule has 0 aliphatic rings. The first kappa shape index (κ1) is 30.6. The number of aromatic carboxylic acids is 1. The van der Waals surface area contributed by atoms with E-state index in [-0.39, 0.29) is 17.2 Å². The van der Waals surface area contributed by atoms with Crippen LogP contribution in [0.5, 0.6) is 5.75 Å². The molecule has 43 heavy (non-hydrogen) atoms. The third-order valence-corrected chi connectivity index (χ3v) is 7.25. The van der Waals surface area contributed by atoms with Crippen LogP contribution in [-0.2, 0) is 9.59 Å². The van der Waals surface area contributed by atoms with Crippen LogP contribution in [0.1, 0.15) is 33.2 Å². The number of ether oxygens (including phenoxy) is 1. The number of anilines is 2. The van der Waals surface area contributed by atoms with Crippen molar-refractivity contribution in [2.45, 2.75) is 17.1 Å². The maximum absolute atomic E-state index is 13.3. The van der Waals surface area contributed by atoms with Gasteiger partial charge in [-0.1, -0.05) is 42.5 Å². The van der Waals surface area contributed by atoms with Gasteiger partial charge in [0.2, 0.25) is 5.91 Å². The summed E-state index contributed by atoms with van der Waals surface area (Å²) >= 11 is 1.30. The van der Waals surface area contributed by atoms with Gasteiger partial charge in [0.15, 0.2) is 0 Å². The predicted octanol–water partition coefficient (Wildman–Crippen LogP) is 5.92. The number of thioether (sulfide) groups is 1. The number of carboxylic acids is 1. The molecule has 0 saturated heterocycles. The molecule has 1 unspecified atom stereocenters. The van der Waals surface area contributed by atoms with E-state index in [2.05, 4.69) is 16.0 Å². The lowest BCUT2D eigenvalue weighted by Crippen LogP contribution is -2.30. The Bertz CT molecular complexity index is 1660. The summed E-state index contributed by atoms with van der Waals surface area (Å²) in [5, 5.41) is 16.9. The fraction of sp³-hybridized carbons (Fsp3) is 0.0909. The van der Waals surface area contributed by atoms with Crippen molar-refractivity contribution in [3.05, 3.63) is 126 Å². The number of rotatable bonds is 11. The molecule has 4 N–H and O–H groups in total. The molecule has 10 heteroatoms. The standard InChI is InChI=1S/C33H29N3O6S/c1-21(30(37)35-26-13-8-12-24(19-26)33(40)41)43-27-17-15-25(16-18-27)34-32(39)28(20-23-11-6-7-14-29(23)42-2)36-31(38)22-9-4-3-5-10-22/h3-21H,1-2H3,(H,34,39)(H,35,37)(H,36,38)(H,40,41)/b28-20-. The number of amides is 3. The molecule has 0 heterocycles. The zero-order valence-corrected chi connectivity index (χ0v) is 24.2. The maximum Gasteiger partial charge on any atom is 0.335 e. The lowest BCUT2D eigenvalue weighted by atomic mass is 10.1. The summed E-state index contributed by atoms with van der Waals surface area (Å²) < 4.78 is 5.40. The van der Waals surface area contributed by atoms with E-state index >= 15 is 0 Å². The minimum atomic E-state index is -1.08. The first-order valence-electron chi connectivity index (χ1n) is 13.2. The van der Waals surface area contributed by atoms with E-state index in [1.165, 1.54) is 31.0 Å². The summed E-state index contributed by atoms with van der Waals surface area (Å²) in [6, 6.07) is 28.7. The van der Waals surface area contributed by atoms with Crippen LogP contribution in [0, 0.1) is 0 Å². The number of carbonyl (C=O) groups excluding carboxylic acids is 3. The van der Waals surface area contributed by atoms with Gasteiger partial charge in [0, 0.05) is 27.4 Å². The van der Waals surface area contributed by atoms with Gasteiger partial charge >= 0.3 is 5.97 Å². The van der Waals surface area contributed by atoms with Crippen LogP contribution in [0.2, 0.25) is 0 Å². The number of para-hydroxylation sites is 1. The van der Waals surface area contributed by atoms with E-state index in [0.717, 1.165) is 4.90 Å². The van der Waals surface area contributed by atoms with Gasteiger partial charge in [-0.05, 0) is 73.7 Å². The highest BCUT2D eigenvalue weighted by Crippen LogP contribution is 2.26. The van der Waals surface area contributed by atoms with Gasteiger partial charge < -0.3 is 25.8 Å². The van der Waals surface area contributed by atoms with Gasteiger partial charge in [-0.2, -0.15) is 0 Å². The van der Waals surface area contributed by atoms with E-state index < -0.39 is 23.0 Å². The van der Waals surface area contributed by atoms with E-state index in [1.54, 1.807) is 104 Å². The minimum Gasteiger partial charge on any atom is -0.496 e. The van der Waals surface area contributed by atoms with E-state index in [4.69, 9.17) is 9.84 Å². The van der Waals surface area contributed by atoms with Gasteiger partial charge in [0.1, 0.15) is 11.4 Å². The second-order valence-corrected chi connectivity index (χ2v) is 10.6. The van der Waals surface area contributed by atoms with Crippen LogP contribution >= 0.6 is 11.8 Å². The highest BCUT2D eigenvalue weighted by atomic mass is 32.2. The van der Waals surface area contributed by atoms with Gasteiger partial charge in [-0.25, -0.2) is 4.79 Å². The van der Waals surface area contributed by atoms with Gasteiger partial charge in [0.05, 0.1) is 17.9 Å². The van der Waals surface area contributed by atoms with E-state index in [1.807, 2.05) is 0 Å². The minimum absolute atomic E-state index is 0.0223. The molecule has 9 nitrogen and oxygen atoms in total. The highest BCUT2D eigenvalue weighted by Gasteiger charge is 2.18. The average Bonchev–Trinajstić information content (AvgIpc) is 3.02. The third-order valence-electron chi connectivity index (χ3n) is 6.14. The Morgan fingerprint density at radius 1 is 0.791 bits per heavy atom. The average molecular weight is 596 g/mol. The first-order valence-corrected chi connectivity index (χ1v) is 14.0. The number of hydrogen-bond acceptors (Lipinski definition) is 6. The summed E-state index contributed by atoms with van der Waals surface area (Å²) in [7, 11) is 1.52. The largest absolute Gasteiger partial charge is 0.496 e. The summed E-state index contributed by atoms with van der Waals surface area (Å²) in [5.74, 6) is -1.80. The van der Waals surface area contributed by atoms with Crippen molar-refractivity contribution >= 4 is 52.9 Å². The van der Waals surface area contributed by atoms with Crippen LogP contribution < -0.4 is 20.7 Å². The maximum atomic E-state index is 13.3. The Hall–Kier alpha value is -5.35. The molecule has 218 valence electrons. The Labute approximate surface area is 253 Å². The smallest absolute Gasteiger partial charge is 0.335 e. The molecule has 4 rings (SSSR count). The van der Waals surface area contributed by atoms with Gasteiger partial charge in [-0.15, -0.1) is 11.8 Å². The number of methoxy groups -OCH3 is 1. The van der Waals surface area contributed by atoms with Crippen molar-refractivity contribution in [1.82, 2.24) is 5.32 Å². The Morgan fingerprint density at radius 2 is 1.47 bits per heavy atom. The van der Waals surface area contributed by atoms with Crippen molar-refractivity contribution in [3.63, 3.8) is 0 Å². The van der Waals surface area contributed by atoms with Crippen LogP contribution in [0.25, 0.3) is 6.08 Å². The van der Waals surface area contributed by atoms with Crippen molar-refractivity contribution in [2.24, 2.45) is 0 Å². The normalized spacial score (nSPS) is 11.6. The Balaban J connectivity index is 1.44. The van der Waals surface area contributed by atoms with Crippen molar-refractivity contribution in [3.8, 4) is 5.75 Å². The summed E-state index contributed by atoms with van der Waals surface area (Å²) in [4.78, 5) is 50.9. The number of nitrogens with one attached hydrogen (secondary N) is 3. The zero-order valence-electron chi connectivity index (χ0n) is 23.4. The van der Waals surface area contributed by atoms with Crippen molar-refractivity contribution in [2.75, 3.05) is 17.7 Å². The number of carboxylic acid groups (broad SMARTS) is 1. The number of benzene rings is 4. The molecule has 4 aromatic carbocycles. The molecule has 0 radical (unpaired) electrons. The van der Waals surface area contributed by atoms with Gasteiger partial charge in [0.25, 0.3) is 11.8 Å². The van der Waals surface area contributed by atoms with Crippen LogP contribution in [0.4, 0.5) is 11.4 Å². The fourth-order valence-corrected chi connectivity index (χ4v) is 4.80. The van der Waals surface area contributed by atoms with Crippen molar-refractivity contribution in [1.29, 1.82) is 0 Å². The molecule has 3 amide bonds. The molecule has 0 fully saturated rings. The van der Waals surface area contributed by atoms with Crippen LogP contribution in [0.3, 0.4) is 0 Å². The van der Waals surface area contributed by atoms with E-state index in [9.17, 15) is 19.2 Å². The van der Waals surface area contributed by atoms with E-state index in [0.29, 0.717) is 28.3 Å². The lowest BCUT2D eigenvalue weighted by molar-refractivity contribution is -0.115. The predicted molar refractivity (Wildman–Crippen MR) is 167 cm³/mol. The number of hydrogen-bond donors (Lipinski definition) is 4. The summed E-state index contributed by atoms with van der Waals surface area (Å²) in [5.41, 5.74) is 1.99. The quantitative estimate of drug-likeness (QED) is 0.125. The number of carbonyl (C=O) groups is 4. The topological polar surface area (TPSA) is 134 Å². The van der Waals surface area contributed by atoms with Gasteiger partial charge in [-0.3, -0.25) is 14.4 Å².